The van der Waals surface area contributed by atoms with Crippen LogP contribution in [-0.2, 0) is 9.59 Å². The molecule has 7 heteroatoms. The number of benzene rings is 2. The largest absolute Gasteiger partial charge is 0.346 e. The Morgan fingerprint density at radius 1 is 1.07 bits per heavy atom. The first-order chi connectivity index (χ1) is 13.9. The maximum absolute atomic E-state index is 12.4. The third-order valence-corrected chi connectivity index (χ3v) is 5.46. The van der Waals surface area contributed by atoms with Gasteiger partial charge < -0.3 is 15.6 Å². The molecule has 1 heterocycles. The molecule has 2 amide bonds. The van der Waals surface area contributed by atoms with Crippen LogP contribution in [0.5, 0.6) is 0 Å². The van der Waals surface area contributed by atoms with Crippen LogP contribution in [0.4, 0.5) is 5.69 Å². The zero-order valence-electron chi connectivity index (χ0n) is 16.7. The Kier molecular flexibility index (Phi) is 6.72. The van der Waals surface area contributed by atoms with E-state index in [0.717, 1.165) is 28.1 Å². The van der Waals surface area contributed by atoms with Gasteiger partial charge in [0, 0.05) is 5.69 Å². The highest BCUT2D eigenvalue weighted by molar-refractivity contribution is 8.00. The summed E-state index contributed by atoms with van der Waals surface area (Å²) in [6.07, 6.45) is 1.75. The second-order valence-corrected chi connectivity index (χ2v) is 8.09. The van der Waals surface area contributed by atoms with Gasteiger partial charge in [-0.2, -0.15) is 0 Å². The number of aryl methyl sites for hydroxylation is 2. The zero-order chi connectivity index (χ0) is 20.8. The number of carbonyl (C=O) groups excluding carboxylic acids is 2. The highest BCUT2D eigenvalue weighted by Crippen LogP contribution is 2.24. The molecule has 1 aromatic heterocycles. The predicted molar refractivity (Wildman–Crippen MR) is 117 cm³/mol. The zero-order valence-corrected chi connectivity index (χ0v) is 17.5. The number of thioether (sulfide) groups is 1. The molecule has 0 saturated heterocycles. The van der Waals surface area contributed by atoms with Crippen molar-refractivity contribution in [1.82, 2.24) is 15.3 Å². The molecule has 29 heavy (non-hydrogen) atoms. The van der Waals surface area contributed by atoms with Gasteiger partial charge in [-0.1, -0.05) is 60.3 Å². The lowest BCUT2D eigenvalue weighted by Gasteiger charge is -2.13. The van der Waals surface area contributed by atoms with E-state index >= 15 is 0 Å². The third kappa shape index (κ3) is 5.48. The molecule has 3 N–H and O–H groups in total. The summed E-state index contributed by atoms with van der Waals surface area (Å²) < 4.78 is 0. The maximum atomic E-state index is 12.4. The molecule has 1 unspecified atom stereocenters. The topological polar surface area (TPSA) is 86.9 Å². The Hall–Kier alpha value is -3.06. The minimum absolute atomic E-state index is 0.0784. The summed E-state index contributed by atoms with van der Waals surface area (Å²) in [7, 11) is 0. The lowest BCUT2D eigenvalue weighted by molar-refractivity contribution is -0.123. The highest BCUT2D eigenvalue weighted by atomic mass is 32.2. The van der Waals surface area contributed by atoms with Crippen LogP contribution >= 0.6 is 11.8 Å². The average molecular weight is 409 g/mol. The molecule has 0 aliphatic heterocycles. The molecular formula is C22H24N4O2S. The van der Waals surface area contributed by atoms with E-state index in [4.69, 9.17) is 0 Å². The number of carbonyl (C=O) groups is 2. The van der Waals surface area contributed by atoms with Gasteiger partial charge in [0.25, 0.3) is 0 Å². The number of hydrogen-bond donors (Lipinski definition) is 3. The van der Waals surface area contributed by atoms with Crippen molar-refractivity contribution in [3.63, 3.8) is 0 Å². The van der Waals surface area contributed by atoms with Gasteiger partial charge in [0.2, 0.25) is 11.8 Å². The molecule has 3 rings (SSSR count). The fraction of sp³-hybridized carbons (Fsp3) is 0.227. The fourth-order valence-electron chi connectivity index (χ4n) is 2.85. The van der Waals surface area contributed by atoms with E-state index < -0.39 is 5.25 Å². The van der Waals surface area contributed by atoms with Crippen molar-refractivity contribution in [1.29, 1.82) is 0 Å². The fourth-order valence-corrected chi connectivity index (χ4v) is 3.66. The number of nitrogens with zero attached hydrogens (tertiary/aromatic N) is 1. The summed E-state index contributed by atoms with van der Waals surface area (Å²) in [5.74, 6) is -0.471. The number of aromatic nitrogens is 2. The van der Waals surface area contributed by atoms with Gasteiger partial charge in [-0.05, 0) is 37.5 Å². The number of para-hydroxylation sites is 1. The van der Waals surface area contributed by atoms with Crippen molar-refractivity contribution >= 4 is 29.3 Å². The Bertz CT molecular complexity index is 981. The SMILES string of the molecule is Cc1cccc(C)c1NC(=O)CNC(=O)C(C)Sc1ncc(-c2ccccc2)[nH]1. The number of anilines is 1. The monoisotopic (exact) mass is 408 g/mol. The number of H-pyrrole nitrogens is 1. The van der Waals surface area contributed by atoms with Crippen molar-refractivity contribution in [3.8, 4) is 11.3 Å². The minimum Gasteiger partial charge on any atom is -0.346 e. The first kappa shape index (κ1) is 20.7. The summed E-state index contributed by atoms with van der Waals surface area (Å²) in [6, 6.07) is 15.7. The second kappa shape index (κ2) is 9.43. The van der Waals surface area contributed by atoms with Crippen LogP contribution in [0.25, 0.3) is 11.3 Å². The lowest BCUT2D eigenvalue weighted by atomic mass is 10.1. The first-order valence-electron chi connectivity index (χ1n) is 9.35. The molecule has 0 saturated carbocycles. The highest BCUT2D eigenvalue weighted by Gasteiger charge is 2.17. The maximum Gasteiger partial charge on any atom is 0.243 e. The van der Waals surface area contributed by atoms with Crippen molar-refractivity contribution in [2.24, 2.45) is 0 Å². The Morgan fingerprint density at radius 2 is 1.76 bits per heavy atom. The number of imidazole rings is 1. The molecule has 3 aromatic rings. The van der Waals surface area contributed by atoms with Crippen molar-refractivity contribution < 1.29 is 9.59 Å². The molecule has 0 aliphatic rings. The van der Waals surface area contributed by atoms with Crippen molar-refractivity contribution in [2.75, 3.05) is 11.9 Å². The number of amides is 2. The van der Waals surface area contributed by atoms with Crippen molar-refractivity contribution in [2.45, 2.75) is 31.2 Å². The summed E-state index contributed by atoms with van der Waals surface area (Å²) in [5.41, 5.74) is 4.69. The molecule has 6 nitrogen and oxygen atoms in total. The van der Waals surface area contributed by atoms with E-state index in [2.05, 4.69) is 20.6 Å². The quantitative estimate of drug-likeness (QED) is 0.517. The van der Waals surface area contributed by atoms with E-state index in [1.807, 2.05) is 62.4 Å². The summed E-state index contributed by atoms with van der Waals surface area (Å²) in [6.45, 7) is 5.58. The van der Waals surface area contributed by atoms with Crippen LogP contribution in [0.1, 0.15) is 18.1 Å². The Morgan fingerprint density at radius 3 is 2.45 bits per heavy atom. The van der Waals surface area contributed by atoms with Gasteiger partial charge >= 0.3 is 0 Å². The molecule has 150 valence electrons. The predicted octanol–water partition coefficient (Wildman–Crippen LogP) is 3.93. The number of aromatic amines is 1. The molecule has 0 radical (unpaired) electrons. The number of nitrogens with one attached hydrogen (secondary N) is 3. The smallest absolute Gasteiger partial charge is 0.243 e. The minimum atomic E-state index is -0.391. The summed E-state index contributed by atoms with van der Waals surface area (Å²) in [4.78, 5) is 32.1. The normalized spacial score (nSPS) is 11.7. The average Bonchev–Trinajstić information content (AvgIpc) is 3.18. The van der Waals surface area contributed by atoms with Gasteiger partial charge in [-0.25, -0.2) is 4.98 Å². The molecule has 0 spiro atoms. The molecule has 1 atom stereocenters. The molecule has 0 fully saturated rings. The van der Waals surface area contributed by atoms with Crippen LogP contribution in [0.3, 0.4) is 0 Å². The number of rotatable bonds is 7. The molecule has 2 aromatic carbocycles. The number of hydrogen-bond acceptors (Lipinski definition) is 4. The van der Waals surface area contributed by atoms with Crippen LogP contribution in [0, 0.1) is 13.8 Å². The van der Waals surface area contributed by atoms with Crippen LogP contribution in [-0.4, -0.2) is 33.6 Å². The van der Waals surface area contributed by atoms with E-state index in [0.29, 0.717) is 5.16 Å². The Labute approximate surface area is 174 Å². The van der Waals surface area contributed by atoms with E-state index in [1.54, 1.807) is 13.1 Å². The second-order valence-electron chi connectivity index (χ2n) is 6.76. The van der Waals surface area contributed by atoms with Crippen LogP contribution in [0.15, 0.2) is 59.9 Å². The molecule has 0 bridgehead atoms. The van der Waals surface area contributed by atoms with Crippen LogP contribution in [0.2, 0.25) is 0 Å². The van der Waals surface area contributed by atoms with E-state index in [-0.39, 0.29) is 18.4 Å². The standard InChI is InChI=1S/C22H24N4O2S/c1-14-8-7-9-15(2)20(14)26-19(27)13-23-21(28)16(3)29-22-24-12-18(25-22)17-10-5-4-6-11-17/h4-12,16H,13H2,1-3H3,(H,23,28)(H,24,25)(H,26,27). The van der Waals surface area contributed by atoms with Crippen molar-refractivity contribution in [3.05, 3.63) is 65.9 Å². The van der Waals surface area contributed by atoms with Gasteiger partial charge in [0.15, 0.2) is 5.16 Å². The van der Waals surface area contributed by atoms with Gasteiger partial charge in [-0.15, -0.1) is 0 Å². The van der Waals surface area contributed by atoms with Crippen LogP contribution < -0.4 is 10.6 Å². The van der Waals surface area contributed by atoms with Gasteiger partial charge in [0.1, 0.15) is 0 Å². The summed E-state index contributed by atoms with van der Waals surface area (Å²) >= 11 is 1.32. The summed E-state index contributed by atoms with van der Waals surface area (Å²) in [5, 5.41) is 5.82. The Balaban J connectivity index is 1.51. The lowest BCUT2D eigenvalue weighted by Crippen LogP contribution is -2.37. The molecular weight excluding hydrogens is 384 g/mol. The third-order valence-electron chi connectivity index (χ3n) is 4.46. The van der Waals surface area contributed by atoms with Gasteiger partial charge in [0.05, 0.1) is 23.7 Å². The molecule has 0 aliphatic carbocycles. The van der Waals surface area contributed by atoms with E-state index in [1.165, 1.54) is 11.8 Å². The van der Waals surface area contributed by atoms with E-state index in [9.17, 15) is 9.59 Å². The first-order valence-corrected chi connectivity index (χ1v) is 10.2. The van der Waals surface area contributed by atoms with Gasteiger partial charge in [-0.3, -0.25) is 9.59 Å².